The SMILES string of the molecule is CCC(=O)CCOC(C#N)CC. The maximum Gasteiger partial charge on any atom is 0.143 e. The number of nitriles is 1. The van der Waals surface area contributed by atoms with Gasteiger partial charge in [-0.1, -0.05) is 13.8 Å². The molecule has 68 valence electrons. The topological polar surface area (TPSA) is 50.1 Å². The molecule has 0 aromatic carbocycles. The largest absolute Gasteiger partial charge is 0.363 e. The second-order valence-electron chi connectivity index (χ2n) is 2.54. The van der Waals surface area contributed by atoms with Gasteiger partial charge in [0.2, 0.25) is 0 Å². The Bertz CT molecular complexity index is 172. The standard InChI is InChI=1S/C9H15NO2/c1-3-8(11)5-6-12-9(4-2)7-10/h9H,3-6H2,1-2H3. The van der Waals surface area contributed by atoms with E-state index >= 15 is 0 Å². The summed E-state index contributed by atoms with van der Waals surface area (Å²) in [6, 6.07) is 2.01. The van der Waals surface area contributed by atoms with Crippen molar-refractivity contribution in [2.45, 2.75) is 39.2 Å². The second-order valence-corrected chi connectivity index (χ2v) is 2.54. The zero-order valence-corrected chi connectivity index (χ0v) is 7.67. The van der Waals surface area contributed by atoms with Crippen LogP contribution in [0.4, 0.5) is 0 Å². The van der Waals surface area contributed by atoms with Crippen LogP contribution in [0.25, 0.3) is 0 Å². The van der Waals surface area contributed by atoms with E-state index in [0.29, 0.717) is 25.9 Å². The summed E-state index contributed by atoms with van der Waals surface area (Å²) in [6.07, 6.45) is 1.30. The first kappa shape index (κ1) is 11.1. The van der Waals surface area contributed by atoms with Gasteiger partial charge in [-0.05, 0) is 6.42 Å². The molecule has 0 amide bonds. The van der Waals surface area contributed by atoms with Crippen molar-refractivity contribution < 1.29 is 9.53 Å². The number of ketones is 1. The summed E-state index contributed by atoms with van der Waals surface area (Å²) >= 11 is 0. The van der Waals surface area contributed by atoms with Gasteiger partial charge >= 0.3 is 0 Å². The van der Waals surface area contributed by atoms with Crippen molar-refractivity contribution >= 4 is 5.78 Å². The number of rotatable bonds is 6. The third-order valence-corrected chi connectivity index (χ3v) is 1.61. The van der Waals surface area contributed by atoms with Crippen molar-refractivity contribution in [2.24, 2.45) is 0 Å². The van der Waals surface area contributed by atoms with Crippen LogP contribution < -0.4 is 0 Å². The minimum atomic E-state index is -0.352. The van der Waals surface area contributed by atoms with Gasteiger partial charge in [-0.25, -0.2) is 0 Å². The number of ether oxygens (including phenoxy) is 1. The highest BCUT2D eigenvalue weighted by molar-refractivity contribution is 5.78. The van der Waals surface area contributed by atoms with E-state index in [1.807, 2.05) is 19.9 Å². The summed E-state index contributed by atoms with van der Waals surface area (Å²) in [4.78, 5) is 10.8. The number of nitrogens with zero attached hydrogens (tertiary/aromatic N) is 1. The van der Waals surface area contributed by atoms with Gasteiger partial charge in [-0.2, -0.15) is 5.26 Å². The molecule has 0 radical (unpaired) electrons. The molecule has 12 heavy (non-hydrogen) atoms. The molecule has 0 fully saturated rings. The van der Waals surface area contributed by atoms with Crippen LogP contribution in [0.15, 0.2) is 0 Å². The van der Waals surface area contributed by atoms with Crippen LogP contribution in [0.3, 0.4) is 0 Å². The van der Waals surface area contributed by atoms with Gasteiger partial charge in [0, 0.05) is 12.8 Å². The molecule has 3 heteroatoms. The van der Waals surface area contributed by atoms with Crippen molar-refractivity contribution in [3.63, 3.8) is 0 Å². The summed E-state index contributed by atoms with van der Waals surface area (Å²) < 4.78 is 5.13. The Morgan fingerprint density at radius 3 is 2.67 bits per heavy atom. The van der Waals surface area contributed by atoms with Crippen molar-refractivity contribution in [1.82, 2.24) is 0 Å². The Kier molecular flexibility index (Phi) is 6.31. The molecule has 0 heterocycles. The third kappa shape index (κ3) is 4.86. The van der Waals surface area contributed by atoms with E-state index in [1.165, 1.54) is 0 Å². The van der Waals surface area contributed by atoms with Gasteiger partial charge in [0.05, 0.1) is 12.7 Å². The molecule has 0 aliphatic heterocycles. The Labute approximate surface area is 73.3 Å². The maximum atomic E-state index is 10.8. The Morgan fingerprint density at radius 2 is 2.25 bits per heavy atom. The number of carbonyl (C=O) groups is 1. The first-order valence-corrected chi connectivity index (χ1v) is 4.27. The van der Waals surface area contributed by atoms with Crippen molar-refractivity contribution in [3.8, 4) is 6.07 Å². The highest BCUT2D eigenvalue weighted by atomic mass is 16.5. The molecule has 0 aliphatic rings. The van der Waals surface area contributed by atoms with Crippen LogP contribution in [0.1, 0.15) is 33.1 Å². The monoisotopic (exact) mass is 169 g/mol. The summed E-state index contributed by atoms with van der Waals surface area (Å²) in [5.74, 6) is 0.183. The molecular formula is C9H15NO2. The van der Waals surface area contributed by atoms with E-state index in [9.17, 15) is 4.79 Å². The van der Waals surface area contributed by atoms with Gasteiger partial charge in [0.15, 0.2) is 0 Å². The predicted octanol–water partition coefficient (Wildman–Crippen LogP) is 1.67. The molecule has 0 aromatic rings. The third-order valence-electron chi connectivity index (χ3n) is 1.61. The molecule has 1 unspecified atom stereocenters. The Morgan fingerprint density at radius 1 is 1.58 bits per heavy atom. The van der Waals surface area contributed by atoms with E-state index in [0.717, 1.165) is 0 Å². The van der Waals surface area contributed by atoms with Gasteiger partial charge in [-0.3, -0.25) is 4.79 Å². The van der Waals surface area contributed by atoms with E-state index in [-0.39, 0.29) is 11.9 Å². The van der Waals surface area contributed by atoms with Crippen LogP contribution in [0.2, 0.25) is 0 Å². The van der Waals surface area contributed by atoms with Crippen molar-refractivity contribution in [2.75, 3.05) is 6.61 Å². The summed E-state index contributed by atoms with van der Waals surface area (Å²) in [5, 5.41) is 8.49. The summed E-state index contributed by atoms with van der Waals surface area (Å²) in [5.41, 5.74) is 0. The van der Waals surface area contributed by atoms with Gasteiger partial charge in [-0.15, -0.1) is 0 Å². The summed E-state index contributed by atoms with van der Waals surface area (Å²) in [6.45, 7) is 4.08. The molecule has 3 nitrogen and oxygen atoms in total. The molecule has 0 saturated heterocycles. The van der Waals surface area contributed by atoms with Crippen LogP contribution >= 0.6 is 0 Å². The second kappa shape index (κ2) is 6.81. The van der Waals surface area contributed by atoms with Gasteiger partial charge < -0.3 is 4.74 Å². The first-order chi connectivity index (χ1) is 5.74. The molecule has 0 saturated carbocycles. The van der Waals surface area contributed by atoms with Crippen LogP contribution in [-0.4, -0.2) is 18.5 Å². The lowest BCUT2D eigenvalue weighted by Gasteiger charge is -2.06. The minimum absolute atomic E-state index is 0.183. The smallest absolute Gasteiger partial charge is 0.143 e. The zero-order chi connectivity index (χ0) is 9.40. The fraction of sp³-hybridized carbons (Fsp3) is 0.778. The first-order valence-electron chi connectivity index (χ1n) is 4.27. The highest BCUT2D eigenvalue weighted by Crippen LogP contribution is 1.98. The molecule has 0 bridgehead atoms. The molecule has 0 spiro atoms. The highest BCUT2D eigenvalue weighted by Gasteiger charge is 2.04. The average Bonchev–Trinajstić information content (AvgIpc) is 2.12. The quantitative estimate of drug-likeness (QED) is 0.607. The van der Waals surface area contributed by atoms with E-state index < -0.39 is 0 Å². The number of Topliss-reactive ketones (excluding diaryl/α,β-unsaturated/α-hetero) is 1. The van der Waals surface area contributed by atoms with E-state index in [1.54, 1.807) is 0 Å². The van der Waals surface area contributed by atoms with Crippen molar-refractivity contribution in [3.05, 3.63) is 0 Å². The number of carbonyl (C=O) groups excluding carboxylic acids is 1. The molecule has 0 aliphatic carbocycles. The normalized spacial score (nSPS) is 12.1. The van der Waals surface area contributed by atoms with Crippen LogP contribution in [0, 0.1) is 11.3 Å². The molecular weight excluding hydrogens is 154 g/mol. The lowest BCUT2D eigenvalue weighted by molar-refractivity contribution is -0.120. The fourth-order valence-corrected chi connectivity index (χ4v) is 0.738. The number of hydrogen-bond acceptors (Lipinski definition) is 3. The lowest BCUT2D eigenvalue weighted by atomic mass is 10.2. The number of hydrogen-bond donors (Lipinski definition) is 0. The van der Waals surface area contributed by atoms with E-state index in [2.05, 4.69) is 0 Å². The fourth-order valence-electron chi connectivity index (χ4n) is 0.738. The van der Waals surface area contributed by atoms with Crippen molar-refractivity contribution in [1.29, 1.82) is 5.26 Å². The van der Waals surface area contributed by atoms with Gasteiger partial charge in [0.1, 0.15) is 11.9 Å². The Balaban J connectivity index is 3.43. The zero-order valence-electron chi connectivity index (χ0n) is 7.67. The average molecular weight is 169 g/mol. The van der Waals surface area contributed by atoms with Crippen LogP contribution in [-0.2, 0) is 9.53 Å². The van der Waals surface area contributed by atoms with Crippen LogP contribution in [0.5, 0.6) is 0 Å². The van der Waals surface area contributed by atoms with E-state index in [4.69, 9.17) is 10.00 Å². The predicted molar refractivity (Wildman–Crippen MR) is 45.6 cm³/mol. The molecule has 1 atom stereocenters. The summed E-state index contributed by atoms with van der Waals surface area (Å²) in [7, 11) is 0. The molecule has 0 aromatic heterocycles. The lowest BCUT2D eigenvalue weighted by Crippen LogP contribution is -2.12. The minimum Gasteiger partial charge on any atom is -0.363 e. The molecule has 0 rings (SSSR count). The molecule has 0 N–H and O–H groups in total. The Hall–Kier alpha value is -0.880. The van der Waals surface area contributed by atoms with Gasteiger partial charge in [0.25, 0.3) is 0 Å². The maximum absolute atomic E-state index is 10.8.